The van der Waals surface area contributed by atoms with Crippen LogP contribution in [0.3, 0.4) is 0 Å². The summed E-state index contributed by atoms with van der Waals surface area (Å²) in [6, 6.07) is 9.96. The van der Waals surface area contributed by atoms with Crippen LogP contribution >= 0.6 is 23.4 Å². The molecule has 10 heteroatoms. The van der Waals surface area contributed by atoms with Crippen molar-refractivity contribution in [2.75, 3.05) is 11.1 Å². The summed E-state index contributed by atoms with van der Waals surface area (Å²) >= 11 is 6.87. The van der Waals surface area contributed by atoms with Crippen molar-refractivity contribution in [3.63, 3.8) is 0 Å². The lowest BCUT2D eigenvalue weighted by atomic mass is 10.2. The molecule has 3 aromatic rings. The first kappa shape index (κ1) is 18.9. The highest BCUT2D eigenvalue weighted by molar-refractivity contribution is 7.99. The summed E-state index contributed by atoms with van der Waals surface area (Å²) in [4.78, 5) is 26.8. The minimum atomic E-state index is -0.620. The van der Waals surface area contributed by atoms with Gasteiger partial charge in [0.15, 0.2) is 5.16 Å². The molecule has 0 fully saturated rings. The highest BCUT2D eigenvalue weighted by Crippen LogP contribution is 2.28. The number of nitrogens with one attached hydrogen (secondary N) is 1. The Kier molecular flexibility index (Phi) is 5.72. The molecule has 0 radical (unpaired) electrons. The van der Waals surface area contributed by atoms with Gasteiger partial charge in [-0.15, -0.1) is 0 Å². The van der Waals surface area contributed by atoms with E-state index in [0.29, 0.717) is 10.8 Å². The van der Waals surface area contributed by atoms with Gasteiger partial charge in [-0.1, -0.05) is 29.4 Å². The SMILES string of the molecule is O=C(CSc1nccn1-c1cccc(F)c1)Nc1ccc(Cl)cc1[N+](=O)[O-]. The third kappa shape index (κ3) is 4.63. The van der Waals surface area contributed by atoms with E-state index in [9.17, 15) is 19.3 Å². The van der Waals surface area contributed by atoms with E-state index in [1.54, 1.807) is 22.9 Å². The molecule has 0 spiro atoms. The number of benzene rings is 2. The molecule has 1 heterocycles. The Morgan fingerprint density at radius 1 is 1.33 bits per heavy atom. The summed E-state index contributed by atoms with van der Waals surface area (Å²) in [6.45, 7) is 0. The Labute approximate surface area is 162 Å². The first-order chi connectivity index (χ1) is 12.9. The fraction of sp³-hybridized carbons (Fsp3) is 0.0588. The first-order valence-electron chi connectivity index (χ1n) is 7.60. The molecular formula is C17H12ClFN4O3S. The maximum atomic E-state index is 13.4. The maximum absolute atomic E-state index is 13.4. The third-order valence-electron chi connectivity index (χ3n) is 3.46. The molecule has 2 aromatic carbocycles. The first-order valence-corrected chi connectivity index (χ1v) is 8.96. The predicted molar refractivity (Wildman–Crippen MR) is 101 cm³/mol. The van der Waals surface area contributed by atoms with Crippen LogP contribution in [0.25, 0.3) is 5.69 Å². The molecular weight excluding hydrogens is 395 g/mol. The van der Waals surface area contributed by atoms with Gasteiger partial charge in [-0.3, -0.25) is 19.5 Å². The van der Waals surface area contributed by atoms with Crippen LogP contribution in [0.1, 0.15) is 0 Å². The summed E-state index contributed by atoms with van der Waals surface area (Å²) in [5.74, 6) is -0.865. The van der Waals surface area contributed by atoms with Gasteiger partial charge in [0, 0.05) is 23.5 Å². The van der Waals surface area contributed by atoms with Gasteiger partial charge in [0.2, 0.25) is 5.91 Å². The van der Waals surface area contributed by atoms with Crippen LogP contribution in [0.5, 0.6) is 0 Å². The Morgan fingerprint density at radius 2 is 2.15 bits per heavy atom. The Morgan fingerprint density at radius 3 is 2.89 bits per heavy atom. The highest BCUT2D eigenvalue weighted by atomic mass is 35.5. The standard InChI is InChI=1S/C17H12ClFN4O3S/c18-11-4-5-14(15(8-11)23(25)26)21-16(24)10-27-17-20-6-7-22(17)13-3-1-2-12(19)9-13/h1-9H,10H2,(H,21,24). The number of amides is 1. The van der Waals surface area contributed by atoms with Gasteiger partial charge in [0.05, 0.1) is 16.4 Å². The largest absolute Gasteiger partial charge is 0.320 e. The number of hydrogen-bond acceptors (Lipinski definition) is 5. The summed E-state index contributed by atoms with van der Waals surface area (Å²) in [5.41, 5.74) is 0.342. The molecule has 3 rings (SSSR count). The number of imidazole rings is 1. The van der Waals surface area contributed by atoms with E-state index in [2.05, 4.69) is 10.3 Å². The smallest absolute Gasteiger partial charge is 0.294 e. The van der Waals surface area contributed by atoms with E-state index in [0.717, 1.165) is 11.8 Å². The highest BCUT2D eigenvalue weighted by Gasteiger charge is 2.17. The van der Waals surface area contributed by atoms with Crippen LogP contribution in [0.4, 0.5) is 15.8 Å². The predicted octanol–water partition coefficient (Wildman–Crippen LogP) is 4.30. The lowest BCUT2D eigenvalue weighted by Crippen LogP contribution is -2.15. The Bertz CT molecular complexity index is 1010. The maximum Gasteiger partial charge on any atom is 0.294 e. The zero-order valence-electron chi connectivity index (χ0n) is 13.6. The Hall–Kier alpha value is -2.91. The minimum absolute atomic E-state index is 0.0356. The molecule has 1 N–H and O–H groups in total. The number of carbonyl (C=O) groups excluding carboxylic acids is 1. The second-order valence-electron chi connectivity index (χ2n) is 5.32. The molecule has 138 valence electrons. The van der Waals surface area contributed by atoms with E-state index >= 15 is 0 Å². The van der Waals surface area contributed by atoms with Crippen LogP contribution in [0.15, 0.2) is 60.0 Å². The summed E-state index contributed by atoms with van der Waals surface area (Å²) in [6.07, 6.45) is 3.19. The molecule has 0 atom stereocenters. The molecule has 0 aliphatic rings. The number of nitro benzene ring substituents is 1. The lowest BCUT2D eigenvalue weighted by Gasteiger charge is -2.08. The van der Waals surface area contributed by atoms with E-state index in [1.165, 1.54) is 36.5 Å². The number of carbonyl (C=O) groups is 1. The molecule has 1 aromatic heterocycles. The second kappa shape index (κ2) is 8.19. The van der Waals surface area contributed by atoms with Gasteiger partial charge >= 0.3 is 0 Å². The van der Waals surface area contributed by atoms with Gasteiger partial charge in [0.25, 0.3) is 5.69 Å². The number of anilines is 1. The van der Waals surface area contributed by atoms with E-state index in [-0.39, 0.29) is 28.0 Å². The number of halogens is 2. The average Bonchev–Trinajstić information content (AvgIpc) is 3.10. The fourth-order valence-corrected chi connectivity index (χ4v) is 3.24. The minimum Gasteiger partial charge on any atom is -0.320 e. The van der Waals surface area contributed by atoms with Gasteiger partial charge in [0.1, 0.15) is 11.5 Å². The van der Waals surface area contributed by atoms with Crippen molar-refractivity contribution in [3.05, 3.63) is 75.8 Å². The molecule has 1 amide bonds. The summed E-state index contributed by atoms with van der Waals surface area (Å²) in [7, 11) is 0. The third-order valence-corrected chi connectivity index (χ3v) is 4.66. The van der Waals surface area contributed by atoms with Crippen molar-refractivity contribution in [3.8, 4) is 5.69 Å². The number of nitro groups is 1. The summed E-state index contributed by atoms with van der Waals surface area (Å²) < 4.78 is 15.1. The van der Waals surface area contributed by atoms with Crippen LogP contribution in [-0.2, 0) is 4.79 Å². The van der Waals surface area contributed by atoms with E-state index in [1.807, 2.05) is 0 Å². The molecule has 0 bridgehead atoms. The molecule has 27 heavy (non-hydrogen) atoms. The lowest BCUT2D eigenvalue weighted by molar-refractivity contribution is -0.383. The van der Waals surface area contributed by atoms with Crippen molar-refractivity contribution in [1.29, 1.82) is 0 Å². The van der Waals surface area contributed by atoms with Crippen LogP contribution in [0.2, 0.25) is 5.02 Å². The Balaban J connectivity index is 1.69. The monoisotopic (exact) mass is 406 g/mol. The quantitative estimate of drug-likeness (QED) is 0.374. The van der Waals surface area contributed by atoms with Crippen LogP contribution < -0.4 is 5.32 Å². The van der Waals surface area contributed by atoms with E-state index < -0.39 is 10.8 Å². The van der Waals surface area contributed by atoms with Crippen molar-refractivity contribution < 1.29 is 14.1 Å². The molecule has 7 nitrogen and oxygen atoms in total. The second-order valence-corrected chi connectivity index (χ2v) is 6.69. The van der Waals surface area contributed by atoms with Crippen molar-refractivity contribution in [2.45, 2.75) is 5.16 Å². The number of thioether (sulfide) groups is 1. The fourth-order valence-electron chi connectivity index (χ4n) is 2.30. The van der Waals surface area contributed by atoms with Crippen molar-refractivity contribution in [2.24, 2.45) is 0 Å². The zero-order chi connectivity index (χ0) is 19.4. The molecule has 0 saturated heterocycles. The van der Waals surface area contributed by atoms with Crippen LogP contribution in [0, 0.1) is 15.9 Å². The van der Waals surface area contributed by atoms with E-state index in [4.69, 9.17) is 11.6 Å². The van der Waals surface area contributed by atoms with Gasteiger partial charge < -0.3 is 5.32 Å². The topological polar surface area (TPSA) is 90.1 Å². The molecule has 0 aliphatic carbocycles. The number of hydrogen-bond donors (Lipinski definition) is 1. The molecule has 0 aliphatic heterocycles. The molecule has 0 unspecified atom stereocenters. The van der Waals surface area contributed by atoms with Gasteiger partial charge in [-0.2, -0.15) is 0 Å². The van der Waals surface area contributed by atoms with Crippen molar-refractivity contribution >= 4 is 40.6 Å². The number of aromatic nitrogens is 2. The number of nitrogens with zero attached hydrogens (tertiary/aromatic N) is 3. The van der Waals surface area contributed by atoms with Crippen LogP contribution in [-0.4, -0.2) is 26.1 Å². The molecule has 0 saturated carbocycles. The van der Waals surface area contributed by atoms with Gasteiger partial charge in [-0.25, -0.2) is 9.37 Å². The normalized spacial score (nSPS) is 10.6. The average molecular weight is 407 g/mol. The van der Waals surface area contributed by atoms with Gasteiger partial charge in [-0.05, 0) is 30.3 Å². The van der Waals surface area contributed by atoms with Crippen molar-refractivity contribution in [1.82, 2.24) is 9.55 Å². The summed E-state index contributed by atoms with van der Waals surface area (Å²) in [5, 5.41) is 14.3. The number of rotatable bonds is 6. The zero-order valence-corrected chi connectivity index (χ0v) is 15.2.